The molecule has 0 aliphatic rings. The second kappa shape index (κ2) is 6.15. The van der Waals surface area contributed by atoms with Crippen molar-refractivity contribution >= 4 is 17.5 Å². The molecule has 0 aliphatic carbocycles. The quantitative estimate of drug-likeness (QED) is 0.486. The highest BCUT2D eigenvalue weighted by Gasteiger charge is 2.19. The molecule has 100 valence electrons. The van der Waals surface area contributed by atoms with Crippen LogP contribution in [0.15, 0.2) is 6.33 Å². The van der Waals surface area contributed by atoms with Crippen LogP contribution in [0.5, 0.6) is 0 Å². The Hall–Kier alpha value is -1.89. The van der Waals surface area contributed by atoms with E-state index in [1.807, 2.05) is 25.7 Å². The Kier molecular flexibility index (Phi) is 4.85. The molecule has 1 rings (SSSR count). The lowest BCUT2D eigenvalue weighted by molar-refractivity contribution is -0.116. The van der Waals surface area contributed by atoms with E-state index in [9.17, 15) is 4.79 Å². The molecule has 1 heterocycles. The predicted octanol–water partition coefficient (Wildman–Crippen LogP) is 0.0247. The molecule has 1 amide bonds. The van der Waals surface area contributed by atoms with Gasteiger partial charge < -0.3 is 16.1 Å². The van der Waals surface area contributed by atoms with E-state index in [4.69, 9.17) is 11.6 Å². The molecule has 1 aromatic rings. The van der Waals surface area contributed by atoms with Crippen molar-refractivity contribution in [2.45, 2.75) is 33.2 Å². The zero-order chi connectivity index (χ0) is 13.7. The van der Waals surface area contributed by atoms with Gasteiger partial charge in [0.1, 0.15) is 18.0 Å². The van der Waals surface area contributed by atoms with Gasteiger partial charge in [-0.1, -0.05) is 6.92 Å². The molecule has 0 saturated carbocycles. The monoisotopic (exact) mass is 252 g/mol. The second-order valence-corrected chi connectivity index (χ2v) is 4.21. The number of nitrogen functional groups attached to an aromatic ring is 1. The molecule has 0 unspecified atom stereocenters. The number of hydrazine groups is 1. The van der Waals surface area contributed by atoms with Crippen molar-refractivity contribution in [1.82, 2.24) is 9.97 Å². The van der Waals surface area contributed by atoms with Gasteiger partial charge in [-0.15, -0.1) is 0 Å². The van der Waals surface area contributed by atoms with E-state index in [-0.39, 0.29) is 12.6 Å². The fraction of sp³-hybridized carbons (Fsp3) is 0.545. The Labute approximate surface area is 107 Å². The second-order valence-electron chi connectivity index (χ2n) is 4.21. The van der Waals surface area contributed by atoms with Gasteiger partial charge in [0.15, 0.2) is 0 Å². The van der Waals surface area contributed by atoms with Crippen LogP contribution in [0.2, 0.25) is 0 Å². The molecular weight excluding hydrogens is 232 g/mol. The van der Waals surface area contributed by atoms with Gasteiger partial charge in [0.25, 0.3) is 0 Å². The number of nitrogens with zero attached hydrogens (tertiary/aromatic N) is 3. The normalized spacial score (nSPS) is 10.5. The molecule has 0 saturated heterocycles. The molecule has 7 nitrogen and oxygen atoms in total. The fourth-order valence-electron chi connectivity index (χ4n) is 1.77. The molecule has 5 N–H and O–H groups in total. The Morgan fingerprint density at radius 3 is 2.61 bits per heavy atom. The van der Waals surface area contributed by atoms with E-state index < -0.39 is 5.91 Å². The summed E-state index contributed by atoms with van der Waals surface area (Å²) in [5.41, 5.74) is 8.68. The summed E-state index contributed by atoms with van der Waals surface area (Å²) in [5, 5.41) is 0. The Morgan fingerprint density at radius 2 is 2.17 bits per heavy atom. The number of hydrogen-bond donors (Lipinski definition) is 3. The number of amides is 1. The third kappa shape index (κ3) is 3.07. The van der Waals surface area contributed by atoms with Gasteiger partial charge in [-0.25, -0.2) is 15.8 Å². The first-order valence-corrected chi connectivity index (χ1v) is 5.86. The Balaban J connectivity index is 3.22. The van der Waals surface area contributed by atoms with Gasteiger partial charge >= 0.3 is 0 Å². The Bertz CT molecular complexity index is 420. The fourth-order valence-corrected chi connectivity index (χ4v) is 1.77. The van der Waals surface area contributed by atoms with Crippen LogP contribution < -0.4 is 21.9 Å². The number of nitrogens with two attached hydrogens (primary N) is 2. The number of hydrogen-bond acceptors (Lipinski definition) is 6. The van der Waals surface area contributed by atoms with Crippen LogP contribution in [0, 0.1) is 0 Å². The van der Waals surface area contributed by atoms with Gasteiger partial charge in [-0.05, 0) is 20.3 Å². The molecule has 0 bridgehead atoms. The number of anilines is 2. The van der Waals surface area contributed by atoms with Crippen molar-refractivity contribution in [3.63, 3.8) is 0 Å². The number of carbonyl (C=O) groups excluding carboxylic acids is 1. The van der Waals surface area contributed by atoms with Gasteiger partial charge in [-0.3, -0.25) is 4.79 Å². The minimum absolute atomic E-state index is 0.100. The average molecular weight is 252 g/mol. The highest BCUT2D eigenvalue weighted by atomic mass is 16.1. The average Bonchev–Trinajstić information content (AvgIpc) is 2.34. The van der Waals surface area contributed by atoms with Crippen molar-refractivity contribution in [2.75, 3.05) is 16.9 Å². The molecule has 18 heavy (non-hydrogen) atoms. The summed E-state index contributed by atoms with van der Waals surface area (Å²) in [6.45, 7) is 6.04. The molecule has 0 atom stereocenters. The third-order valence-corrected chi connectivity index (χ3v) is 2.63. The first kappa shape index (κ1) is 14.2. The SMILES string of the molecule is CCc1c(NN)ncnc1N(CC(N)=O)C(C)C. The molecule has 0 fully saturated rings. The lowest BCUT2D eigenvalue weighted by Gasteiger charge is -2.28. The summed E-state index contributed by atoms with van der Waals surface area (Å²) in [7, 11) is 0. The van der Waals surface area contributed by atoms with Gasteiger partial charge in [-0.2, -0.15) is 0 Å². The summed E-state index contributed by atoms with van der Waals surface area (Å²) in [6.07, 6.45) is 2.12. The molecular formula is C11H20N6O. The zero-order valence-corrected chi connectivity index (χ0v) is 11.0. The standard InChI is InChI=1S/C11H20N6O/c1-4-8-10(16-13)14-6-15-11(8)17(7(2)3)5-9(12)18/h6-7H,4-5,13H2,1-3H3,(H2,12,18)(H,14,15,16). The summed E-state index contributed by atoms with van der Waals surface area (Å²) in [6, 6.07) is 0.100. The van der Waals surface area contributed by atoms with Gasteiger partial charge in [0.05, 0.1) is 6.54 Å². The van der Waals surface area contributed by atoms with Crippen LogP contribution in [-0.4, -0.2) is 28.5 Å². The maximum atomic E-state index is 11.1. The highest BCUT2D eigenvalue weighted by Crippen LogP contribution is 2.24. The molecule has 1 aromatic heterocycles. The van der Waals surface area contributed by atoms with Crippen LogP contribution in [0.3, 0.4) is 0 Å². The van der Waals surface area contributed by atoms with Gasteiger partial charge in [0.2, 0.25) is 5.91 Å². The van der Waals surface area contributed by atoms with Crippen molar-refractivity contribution in [3.05, 3.63) is 11.9 Å². The number of rotatable bonds is 6. The van der Waals surface area contributed by atoms with E-state index in [2.05, 4.69) is 15.4 Å². The van der Waals surface area contributed by atoms with Crippen molar-refractivity contribution in [1.29, 1.82) is 0 Å². The zero-order valence-electron chi connectivity index (χ0n) is 11.0. The lowest BCUT2D eigenvalue weighted by atomic mass is 10.2. The van der Waals surface area contributed by atoms with Crippen LogP contribution in [0.1, 0.15) is 26.3 Å². The number of carbonyl (C=O) groups is 1. The number of nitrogens with one attached hydrogen (secondary N) is 1. The smallest absolute Gasteiger partial charge is 0.237 e. The van der Waals surface area contributed by atoms with E-state index in [1.165, 1.54) is 6.33 Å². The number of aromatic nitrogens is 2. The Morgan fingerprint density at radius 1 is 1.50 bits per heavy atom. The van der Waals surface area contributed by atoms with Crippen LogP contribution in [0.4, 0.5) is 11.6 Å². The highest BCUT2D eigenvalue weighted by molar-refractivity contribution is 5.80. The summed E-state index contributed by atoms with van der Waals surface area (Å²) < 4.78 is 0. The van der Waals surface area contributed by atoms with Crippen LogP contribution >= 0.6 is 0 Å². The van der Waals surface area contributed by atoms with Gasteiger partial charge in [0, 0.05) is 11.6 Å². The maximum Gasteiger partial charge on any atom is 0.237 e. The minimum Gasteiger partial charge on any atom is -0.368 e. The van der Waals surface area contributed by atoms with E-state index in [1.54, 1.807) is 0 Å². The molecule has 7 heteroatoms. The van der Waals surface area contributed by atoms with E-state index >= 15 is 0 Å². The predicted molar refractivity (Wildman–Crippen MR) is 70.9 cm³/mol. The largest absolute Gasteiger partial charge is 0.368 e. The maximum absolute atomic E-state index is 11.1. The number of primary amides is 1. The van der Waals surface area contributed by atoms with Crippen molar-refractivity contribution < 1.29 is 4.79 Å². The third-order valence-electron chi connectivity index (χ3n) is 2.63. The van der Waals surface area contributed by atoms with Crippen molar-refractivity contribution in [2.24, 2.45) is 11.6 Å². The van der Waals surface area contributed by atoms with Crippen LogP contribution in [-0.2, 0) is 11.2 Å². The molecule has 0 spiro atoms. The summed E-state index contributed by atoms with van der Waals surface area (Å²) in [4.78, 5) is 21.3. The first-order valence-electron chi connectivity index (χ1n) is 5.86. The first-order chi connectivity index (χ1) is 8.51. The topological polar surface area (TPSA) is 110 Å². The summed E-state index contributed by atoms with van der Waals surface area (Å²) in [5.74, 6) is 6.28. The molecule has 0 radical (unpaired) electrons. The molecule has 0 aliphatic heterocycles. The van der Waals surface area contributed by atoms with Crippen LogP contribution in [0.25, 0.3) is 0 Å². The molecule has 0 aromatic carbocycles. The van der Waals surface area contributed by atoms with E-state index in [0.29, 0.717) is 18.1 Å². The summed E-state index contributed by atoms with van der Waals surface area (Å²) >= 11 is 0. The van der Waals surface area contributed by atoms with E-state index in [0.717, 1.165) is 5.56 Å². The van der Waals surface area contributed by atoms with Crippen molar-refractivity contribution in [3.8, 4) is 0 Å². The minimum atomic E-state index is -0.397. The lowest BCUT2D eigenvalue weighted by Crippen LogP contribution is -2.40.